The van der Waals surface area contributed by atoms with Crippen LogP contribution in [0.25, 0.3) is 0 Å². The highest BCUT2D eigenvalue weighted by Gasteiger charge is 2.51. The molecule has 0 aliphatic heterocycles. The number of nitrogens with one attached hydrogen (secondary N) is 2. The van der Waals surface area contributed by atoms with Crippen LogP contribution < -0.4 is 10.6 Å². The second kappa shape index (κ2) is 6.47. The summed E-state index contributed by atoms with van der Waals surface area (Å²) in [4.78, 5) is 23.9. The highest BCUT2D eigenvalue weighted by molar-refractivity contribution is 7.07. The second-order valence-corrected chi connectivity index (χ2v) is 6.63. The molecule has 5 nitrogen and oxygen atoms in total. The monoisotopic (exact) mass is 310 g/mol. The van der Waals surface area contributed by atoms with Crippen molar-refractivity contribution in [1.82, 2.24) is 10.6 Å². The van der Waals surface area contributed by atoms with Gasteiger partial charge in [-0.05, 0) is 47.1 Å². The molecule has 2 rings (SSSR count). The summed E-state index contributed by atoms with van der Waals surface area (Å²) in [7, 11) is 0. The van der Waals surface area contributed by atoms with Gasteiger partial charge in [-0.25, -0.2) is 9.59 Å². The van der Waals surface area contributed by atoms with E-state index in [-0.39, 0.29) is 11.8 Å². The molecule has 0 aromatic carbocycles. The van der Waals surface area contributed by atoms with Crippen molar-refractivity contribution in [2.45, 2.75) is 45.2 Å². The SMILES string of the molecule is CC1CCCC(C)C1(NC(=O)NCc1ccsc1)C(=O)O. The predicted molar refractivity (Wildman–Crippen MR) is 82.2 cm³/mol. The molecular weight excluding hydrogens is 288 g/mol. The summed E-state index contributed by atoms with van der Waals surface area (Å²) in [5.74, 6) is -1.09. The van der Waals surface area contributed by atoms with Crippen LogP contribution >= 0.6 is 11.3 Å². The van der Waals surface area contributed by atoms with Crippen LogP contribution in [-0.2, 0) is 11.3 Å². The van der Waals surface area contributed by atoms with Gasteiger partial charge in [-0.2, -0.15) is 11.3 Å². The van der Waals surface area contributed by atoms with Crippen LogP contribution in [0.15, 0.2) is 16.8 Å². The molecule has 0 saturated heterocycles. The second-order valence-electron chi connectivity index (χ2n) is 5.85. The van der Waals surface area contributed by atoms with E-state index < -0.39 is 17.5 Å². The minimum atomic E-state index is -1.17. The molecular formula is C15H22N2O3S. The normalized spacial score (nSPS) is 28.9. The highest BCUT2D eigenvalue weighted by Crippen LogP contribution is 2.38. The molecule has 0 spiro atoms. The first-order valence-electron chi connectivity index (χ1n) is 7.27. The van der Waals surface area contributed by atoms with Crippen molar-refractivity contribution in [2.75, 3.05) is 0 Å². The smallest absolute Gasteiger partial charge is 0.330 e. The number of urea groups is 1. The van der Waals surface area contributed by atoms with Gasteiger partial charge in [0.1, 0.15) is 5.54 Å². The Labute approximate surface area is 128 Å². The van der Waals surface area contributed by atoms with E-state index in [0.717, 1.165) is 24.8 Å². The highest BCUT2D eigenvalue weighted by atomic mass is 32.1. The fourth-order valence-corrected chi connectivity index (χ4v) is 3.87. The molecule has 1 fully saturated rings. The summed E-state index contributed by atoms with van der Waals surface area (Å²) in [6.45, 7) is 4.22. The average molecular weight is 310 g/mol. The zero-order valence-corrected chi connectivity index (χ0v) is 13.2. The van der Waals surface area contributed by atoms with Gasteiger partial charge in [-0.15, -0.1) is 0 Å². The van der Waals surface area contributed by atoms with Crippen LogP contribution in [0.3, 0.4) is 0 Å². The standard InChI is InChI=1S/C15H22N2O3S/c1-10-4-3-5-11(2)15(10,13(18)19)17-14(20)16-8-12-6-7-21-9-12/h6-7,9-11H,3-5,8H2,1-2H3,(H,18,19)(H2,16,17,20). The Bertz CT molecular complexity index is 491. The van der Waals surface area contributed by atoms with Crippen molar-refractivity contribution in [2.24, 2.45) is 11.8 Å². The molecule has 2 atom stereocenters. The van der Waals surface area contributed by atoms with Crippen molar-refractivity contribution in [3.05, 3.63) is 22.4 Å². The molecule has 2 unspecified atom stereocenters. The van der Waals surface area contributed by atoms with E-state index in [1.54, 1.807) is 11.3 Å². The summed E-state index contributed by atoms with van der Waals surface area (Å²) in [5.41, 5.74) is -0.152. The van der Waals surface area contributed by atoms with Gasteiger partial charge in [-0.1, -0.05) is 20.3 Å². The number of rotatable bonds is 4. The van der Waals surface area contributed by atoms with Gasteiger partial charge in [0.15, 0.2) is 0 Å². The van der Waals surface area contributed by atoms with Gasteiger partial charge in [0.2, 0.25) is 0 Å². The molecule has 0 bridgehead atoms. The molecule has 1 aromatic heterocycles. The van der Waals surface area contributed by atoms with E-state index in [1.807, 2.05) is 30.7 Å². The van der Waals surface area contributed by atoms with Crippen molar-refractivity contribution < 1.29 is 14.7 Å². The lowest BCUT2D eigenvalue weighted by molar-refractivity contribution is -0.151. The molecule has 1 aromatic rings. The lowest BCUT2D eigenvalue weighted by atomic mass is 9.67. The molecule has 21 heavy (non-hydrogen) atoms. The molecule has 1 heterocycles. The number of hydrogen-bond acceptors (Lipinski definition) is 3. The lowest BCUT2D eigenvalue weighted by Crippen LogP contribution is -2.65. The Morgan fingerprint density at radius 2 is 2.05 bits per heavy atom. The molecule has 1 aliphatic carbocycles. The van der Waals surface area contributed by atoms with Crippen LogP contribution in [0.1, 0.15) is 38.7 Å². The molecule has 116 valence electrons. The first kappa shape index (κ1) is 15.8. The third kappa shape index (κ3) is 3.20. The topological polar surface area (TPSA) is 78.4 Å². The van der Waals surface area contributed by atoms with E-state index in [2.05, 4.69) is 10.6 Å². The lowest BCUT2D eigenvalue weighted by Gasteiger charge is -2.44. The van der Waals surface area contributed by atoms with Crippen LogP contribution in [0, 0.1) is 11.8 Å². The Morgan fingerprint density at radius 3 is 2.57 bits per heavy atom. The summed E-state index contributed by atoms with van der Waals surface area (Å²) in [5, 5.41) is 19.1. The van der Waals surface area contributed by atoms with Crippen molar-refractivity contribution in [3.63, 3.8) is 0 Å². The number of hydrogen-bond donors (Lipinski definition) is 3. The first-order chi connectivity index (χ1) is 9.96. The van der Waals surface area contributed by atoms with E-state index >= 15 is 0 Å². The van der Waals surface area contributed by atoms with Crippen molar-refractivity contribution >= 4 is 23.3 Å². The number of carboxylic acids is 1. The van der Waals surface area contributed by atoms with Crippen LogP contribution in [0.5, 0.6) is 0 Å². The third-order valence-corrected chi connectivity index (χ3v) is 5.27. The quantitative estimate of drug-likeness (QED) is 0.800. The summed E-state index contributed by atoms with van der Waals surface area (Å²) >= 11 is 1.57. The zero-order valence-electron chi connectivity index (χ0n) is 12.4. The molecule has 0 radical (unpaired) electrons. The number of aliphatic carboxylic acids is 1. The van der Waals surface area contributed by atoms with E-state index in [4.69, 9.17) is 0 Å². The van der Waals surface area contributed by atoms with Crippen LogP contribution in [0.2, 0.25) is 0 Å². The first-order valence-corrected chi connectivity index (χ1v) is 8.21. The fraction of sp³-hybridized carbons (Fsp3) is 0.600. The molecule has 2 amide bonds. The summed E-state index contributed by atoms with van der Waals surface area (Å²) in [6, 6.07) is 1.52. The maximum Gasteiger partial charge on any atom is 0.330 e. The largest absolute Gasteiger partial charge is 0.479 e. The van der Waals surface area contributed by atoms with Gasteiger partial charge in [0.05, 0.1) is 0 Å². The average Bonchev–Trinajstić information content (AvgIpc) is 2.94. The number of carbonyl (C=O) groups is 2. The van der Waals surface area contributed by atoms with Gasteiger partial charge >= 0.3 is 12.0 Å². The minimum absolute atomic E-state index is 0.0781. The van der Waals surface area contributed by atoms with E-state index in [0.29, 0.717) is 6.54 Å². The van der Waals surface area contributed by atoms with Gasteiger partial charge in [0.25, 0.3) is 0 Å². The fourth-order valence-electron chi connectivity index (χ4n) is 3.20. The van der Waals surface area contributed by atoms with Gasteiger partial charge < -0.3 is 15.7 Å². The van der Waals surface area contributed by atoms with E-state index in [9.17, 15) is 14.7 Å². The van der Waals surface area contributed by atoms with Crippen molar-refractivity contribution in [1.29, 1.82) is 0 Å². The number of carboxylic acid groups (broad SMARTS) is 1. The minimum Gasteiger partial charge on any atom is -0.479 e. The number of thiophene rings is 1. The molecule has 3 N–H and O–H groups in total. The van der Waals surface area contributed by atoms with Gasteiger partial charge in [0, 0.05) is 6.54 Å². The molecule has 6 heteroatoms. The zero-order chi connectivity index (χ0) is 15.5. The Kier molecular flexibility index (Phi) is 4.88. The molecule has 1 aliphatic rings. The predicted octanol–water partition coefficient (Wildman–Crippen LogP) is 2.83. The van der Waals surface area contributed by atoms with Crippen molar-refractivity contribution in [3.8, 4) is 0 Å². The number of amides is 2. The number of carbonyl (C=O) groups excluding carboxylic acids is 1. The summed E-state index contributed by atoms with van der Waals surface area (Å²) in [6.07, 6.45) is 2.65. The maximum absolute atomic E-state index is 12.1. The Balaban J connectivity index is 2.05. The van der Waals surface area contributed by atoms with E-state index in [1.165, 1.54) is 0 Å². The Morgan fingerprint density at radius 1 is 1.38 bits per heavy atom. The van der Waals surface area contributed by atoms with Crippen LogP contribution in [-0.4, -0.2) is 22.6 Å². The molecule has 1 saturated carbocycles. The van der Waals surface area contributed by atoms with Gasteiger partial charge in [-0.3, -0.25) is 0 Å². The maximum atomic E-state index is 12.1. The van der Waals surface area contributed by atoms with Crippen LogP contribution in [0.4, 0.5) is 4.79 Å². The third-order valence-electron chi connectivity index (χ3n) is 4.54. The summed E-state index contributed by atoms with van der Waals surface area (Å²) < 4.78 is 0. The Hall–Kier alpha value is -1.56.